The van der Waals surface area contributed by atoms with E-state index < -0.39 is 18.4 Å². The molecule has 7 heteroatoms. The summed E-state index contributed by atoms with van der Waals surface area (Å²) in [5, 5.41) is 0. The van der Waals surface area contributed by atoms with Crippen molar-refractivity contribution in [2.75, 3.05) is 32.6 Å². The molecular weight excluding hydrogens is 432 g/mol. The third-order valence-electron chi connectivity index (χ3n) is 5.80. The van der Waals surface area contributed by atoms with Crippen molar-refractivity contribution in [1.82, 2.24) is 4.90 Å². The molecule has 0 atom stereocenters. The minimum atomic E-state index is -0.825. The Morgan fingerprint density at radius 1 is 0.765 bits per heavy atom. The first-order valence-corrected chi connectivity index (χ1v) is 10.8. The Morgan fingerprint density at radius 2 is 1.38 bits per heavy atom. The van der Waals surface area contributed by atoms with E-state index in [0.29, 0.717) is 12.1 Å². The fourth-order valence-electron chi connectivity index (χ4n) is 3.89. The highest BCUT2D eigenvalue weighted by Crippen LogP contribution is 2.29. The molecule has 0 saturated carbocycles. The Hall–Kier alpha value is -4.26. The number of benzene rings is 3. The lowest BCUT2D eigenvalue weighted by molar-refractivity contribution is -0.133. The van der Waals surface area contributed by atoms with Crippen molar-refractivity contribution in [3.8, 4) is 0 Å². The van der Waals surface area contributed by atoms with Crippen molar-refractivity contribution in [3.05, 3.63) is 100 Å². The van der Waals surface area contributed by atoms with Gasteiger partial charge in [0.05, 0.1) is 5.56 Å². The Labute approximate surface area is 197 Å². The molecule has 4 rings (SSSR count). The maximum absolute atomic E-state index is 13.1. The first-order chi connectivity index (χ1) is 16.3. The average molecular weight is 456 g/mol. The van der Waals surface area contributed by atoms with E-state index in [-0.39, 0.29) is 33.9 Å². The molecule has 3 aromatic carbocycles. The van der Waals surface area contributed by atoms with E-state index in [4.69, 9.17) is 4.74 Å². The molecule has 0 N–H and O–H groups in total. The van der Waals surface area contributed by atoms with Crippen molar-refractivity contribution < 1.29 is 23.9 Å². The highest BCUT2D eigenvalue weighted by molar-refractivity contribution is 6.30. The zero-order valence-electron chi connectivity index (χ0n) is 19.2. The molecule has 34 heavy (non-hydrogen) atoms. The molecule has 0 spiro atoms. The number of carbonyl (C=O) groups excluding carboxylic acids is 4. The standard InChI is InChI=1S/C27H24N2O5/c1-28(2)18-13-11-17(12-14-18)15-29(3)23(30)16-34-27(33)22-10-6-9-21-24(22)26(32)20-8-5-4-7-19(20)25(21)31/h4-14H,15-16H2,1-3H3. The van der Waals surface area contributed by atoms with Crippen molar-refractivity contribution in [3.63, 3.8) is 0 Å². The number of rotatable bonds is 6. The van der Waals surface area contributed by atoms with Gasteiger partial charge in [-0.2, -0.15) is 0 Å². The van der Waals surface area contributed by atoms with Crippen LogP contribution in [0.4, 0.5) is 5.69 Å². The lowest BCUT2D eigenvalue weighted by atomic mass is 9.82. The zero-order chi connectivity index (χ0) is 24.4. The van der Waals surface area contributed by atoms with E-state index in [1.807, 2.05) is 43.3 Å². The van der Waals surface area contributed by atoms with Gasteiger partial charge < -0.3 is 14.5 Å². The highest BCUT2D eigenvalue weighted by atomic mass is 16.5. The summed E-state index contributed by atoms with van der Waals surface area (Å²) in [5.41, 5.74) is 2.68. The molecule has 0 aliphatic heterocycles. The SMILES string of the molecule is CN(Cc1ccc(N(C)C)cc1)C(=O)COC(=O)c1cccc2c1C(=O)c1ccccc1C2=O. The van der Waals surface area contributed by atoms with Crippen molar-refractivity contribution in [2.24, 2.45) is 0 Å². The monoisotopic (exact) mass is 456 g/mol. The molecule has 0 saturated heterocycles. The molecular formula is C27H24N2O5. The molecule has 0 bridgehead atoms. The van der Waals surface area contributed by atoms with Crippen LogP contribution in [0.15, 0.2) is 66.7 Å². The minimum Gasteiger partial charge on any atom is -0.452 e. The quantitative estimate of drug-likeness (QED) is 0.414. The molecule has 0 fully saturated rings. The summed E-state index contributed by atoms with van der Waals surface area (Å²) in [7, 11) is 5.52. The van der Waals surface area contributed by atoms with Crippen LogP contribution in [0.3, 0.4) is 0 Å². The summed E-state index contributed by atoms with van der Waals surface area (Å²) in [6, 6.07) is 18.8. The van der Waals surface area contributed by atoms with Gasteiger partial charge in [0, 0.05) is 55.6 Å². The number of anilines is 1. The number of ether oxygens (including phenoxy) is 1. The first kappa shape index (κ1) is 22.9. The van der Waals surface area contributed by atoms with Crippen LogP contribution >= 0.6 is 0 Å². The number of likely N-dealkylation sites (N-methyl/N-ethyl adjacent to an activating group) is 1. The molecule has 0 unspecified atom stereocenters. The predicted molar refractivity (Wildman–Crippen MR) is 127 cm³/mol. The van der Waals surface area contributed by atoms with Gasteiger partial charge in [0.1, 0.15) is 0 Å². The van der Waals surface area contributed by atoms with Crippen LogP contribution in [-0.2, 0) is 16.1 Å². The number of hydrogen-bond acceptors (Lipinski definition) is 6. The summed E-state index contributed by atoms with van der Waals surface area (Å²) in [5.74, 6) is -1.95. The van der Waals surface area contributed by atoms with Crippen molar-refractivity contribution in [1.29, 1.82) is 0 Å². The van der Waals surface area contributed by atoms with Gasteiger partial charge in [-0.05, 0) is 23.8 Å². The van der Waals surface area contributed by atoms with E-state index in [2.05, 4.69) is 0 Å². The van der Waals surface area contributed by atoms with Gasteiger partial charge in [-0.25, -0.2) is 4.79 Å². The Kier molecular flexibility index (Phi) is 6.27. The average Bonchev–Trinajstić information content (AvgIpc) is 2.85. The summed E-state index contributed by atoms with van der Waals surface area (Å²) in [6.07, 6.45) is 0. The second kappa shape index (κ2) is 9.31. The summed E-state index contributed by atoms with van der Waals surface area (Å²) < 4.78 is 5.24. The van der Waals surface area contributed by atoms with Crippen molar-refractivity contribution in [2.45, 2.75) is 6.54 Å². The molecule has 0 heterocycles. The number of fused-ring (bicyclic) bond motifs is 2. The Morgan fingerprint density at radius 3 is 2.03 bits per heavy atom. The molecule has 1 amide bonds. The molecule has 0 aromatic heterocycles. The van der Waals surface area contributed by atoms with Gasteiger partial charge in [-0.1, -0.05) is 48.5 Å². The van der Waals surface area contributed by atoms with Crippen LogP contribution in [0.25, 0.3) is 0 Å². The van der Waals surface area contributed by atoms with Gasteiger partial charge in [-0.3, -0.25) is 14.4 Å². The second-order valence-corrected chi connectivity index (χ2v) is 8.32. The second-order valence-electron chi connectivity index (χ2n) is 8.32. The summed E-state index contributed by atoms with van der Waals surface area (Å²) in [4.78, 5) is 54.7. The number of ketones is 2. The fourth-order valence-corrected chi connectivity index (χ4v) is 3.89. The number of nitrogens with zero attached hydrogens (tertiary/aromatic N) is 2. The lowest BCUT2D eigenvalue weighted by Gasteiger charge is -2.20. The van der Waals surface area contributed by atoms with E-state index in [9.17, 15) is 19.2 Å². The smallest absolute Gasteiger partial charge is 0.339 e. The van der Waals surface area contributed by atoms with Crippen LogP contribution in [0, 0.1) is 0 Å². The largest absolute Gasteiger partial charge is 0.452 e. The molecule has 172 valence electrons. The summed E-state index contributed by atoms with van der Waals surface area (Å²) >= 11 is 0. The van der Waals surface area contributed by atoms with Crippen LogP contribution in [0.5, 0.6) is 0 Å². The lowest BCUT2D eigenvalue weighted by Crippen LogP contribution is -2.31. The third-order valence-corrected chi connectivity index (χ3v) is 5.80. The van der Waals surface area contributed by atoms with Gasteiger partial charge in [0.15, 0.2) is 18.2 Å². The van der Waals surface area contributed by atoms with Crippen LogP contribution < -0.4 is 4.90 Å². The number of amides is 1. The zero-order valence-corrected chi connectivity index (χ0v) is 19.2. The molecule has 7 nitrogen and oxygen atoms in total. The first-order valence-electron chi connectivity index (χ1n) is 10.8. The predicted octanol–water partition coefficient (Wildman–Crippen LogP) is 3.34. The maximum atomic E-state index is 13.1. The van der Waals surface area contributed by atoms with Gasteiger partial charge in [-0.15, -0.1) is 0 Å². The molecule has 3 aromatic rings. The number of carbonyl (C=O) groups is 4. The normalized spacial score (nSPS) is 12.0. The van der Waals surface area contributed by atoms with Crippen LogP contribution in [0.2, 0.25) is 0 Å². The third kappa shape index (κ3) is 4.32. The number of hydrogen-bond donors (Lipinski definition) is 0. The Balaban J connectivity index is 1.45. The maximum Gasteiger partial charge on any atom is 0.339 e. The van der Waals surface area contributed by atoms with Gasteiger partial charge in [0.25, 0.3) is 5.91 Å². The van der Waals surface area contributed by atoms with Gasteiger partial charge in [0.2, 0.25) is 0 Å². The molecule has 1 aliphatic carbocycles. The highest BCUT2D eigenvalue weighted by Gasteiger charge is 2.33. The van der Waals surface area contributed by atoms with Crippen molar-refractivity contribution >= 4 is 29.1 Å². The van der Waals surface area contributed by atoms with E-state index >= 15 is 0 Å². The topological polar surface area (TPSA) is 84.0 Å². The molecule has 1 aliphatic rings. The van der Waals surface area contributed by atoms with E-state index in [0.717, 1.165) is 11.3 Å². The van der Waals surface area contributed by atoms with E-state index in [1.54, 1.807) is 31.3 Å². The van der Waals surface area contributed by atoms with Crippen LogP contribution in [0.1, 0.15) is 47.8 Å². The Bertz CT molecular complexity index is 1290. The van der Waals surface area contributed by atoms with Gasteiger partial charge >= 0.3 is 5.97 Å². The van der Waals surface area contributed by atoms with E-state index in [1.165, 1.54) is 23.1 Å². The fraction of sp³-hybridized carbons (Fsp3) is 0.185. The minimum absolute atomic E-state index is 0.0120. The van der Waals surface area contributed by atoms with Crippen LogP contribution in [-0.4, -0.2) is 56.1 Å². The summed E-state index contributed by atoms with van der Waals surface area (Å²) in [6.45, 7) is -0.123. The number of esters is 1. The molecule has 0 radical (unpaired) electrons.